The zero-order valence-electron chi connectivity index (χ0n) is 17.9. The quantitative estimate of drug-likeness (QED) is 0.244. The third kappa shape index (κ3) is 4.75. The van der Waals surface area contributed by atoms with Crippen LogP contribution in [0, 0.1) is 24.0 Å². The number of rotatable bonds is 7. The minimum atomic E-state index is -0.468. The van der Waals surface area contributed by atoms with Crippen molar-refractivity contribution in [3.8, 4) is 17.1 Å². The molecule has 0 bridgehead atoms. The molecule has 0 aliphatic heterocycles. The number of carbonyl (C=O) groups excluding carboxylic acids is 1. The Bertz CT molecular complexity index is 1320. The first-order valence-electron chi connectivity index (χ1n) is 10.0. The summed E-state index contributed by atoms with van der Waals surface area (Å²) in [5.41, 5.74) is 3.51. The molecule has 0 fully saturated rings. The van der Waals surface area contributed by atoms with Crippen molar-refractivity contribution in [3.05, 3.63) is 88.2 Å². The van der Waals surface area contributed by atoms with Crippen LogP contribution >= 0.6 is 11.8 Å². The number of nitro groups is 1. The largest absolute Gasteiger partial charge is 0.325 e. The molecular formula is C23H20N6O3S. The molecule has 2 heterocycles. The predicted octanol–water partition coefficient (Wildman–Crippen LogP) is 4.59. The number of nitrogens with zero attached hydrogens (tertiary/aromatic N) is 5. The Morgan fingerprint density at radius 3 is 2.64 bits per heavy atom. The number of anilines is 1. The number of benzene rings is 2. The molecule has 2 aromatic heterocycles. The third-order valence-electron chi connectivity index (χ3n) is 5.02. The van der Waals surface area contributed by atoms with E-state index < -0.39 is 4.92 Å². The lowest BCUT2D eigenvalue weighted by Gasteiger charge is -2.13. The molecule has 166 valence electrons. The second-order valence-corrected chi connectivity index (χ2v) is 8.16. The summed E-state index contributed by atoms with van der Waals surface area (Å²) in [4.78, 5) is 27.5. The van der Waals surface area contributed by atoms with Gasteiger partial charge in [-0.2, -0.15) is 0 Å². The van der Waals surface area contributed by atoms with Crippen LogP contribution in [-0.4, -0.2) is 36.3 Å². The number of hydrogen-bond acceptors (Lipinski definition) is 7. The maximum atomic E-state index is 12.6. The van der Waals surface area contributed by atoms with Crippen molar-refractivity contribution in [1.82, 2.24) is 19.7 Å². The fourth-order valence-corrected chi connectivity index (χ4v) is 4.09. The lowest BCUT2D eigenvalue weighted by Crippen LogP contribution is -2.15. The lowest BCUT2D eigenvalue weighted by molar-refractivity contribution is -0.385. The molecule has 0 unspecified atom stereocenters. The number of hydrogen-bond donors (Lipinski definition) is 1. The molecular weight excluding hydrogens is 440 g/mol. The highest BCUT2D eigenvalue weighted by molar-refractivity contribution is 7.99. The highest BCUT2D eigenvalue weighted by atomic mass is 32.2. The topological polar surface area (TPSA) is 116 Å². The van der Waals surface area contributed by atoms with Gasteiger partial charge in [-0.25, -0.2) is 0 Å². The van der Waals surface area contributed by atoms with E-state index in [-0.39, 0.29) is 17.3 Å². The number of thioether (sulfide) groups is 1. The van der Waals surface area contributed by atoms with Crippen LogP contribution in [0.15, 0.2) is 72.1 Å². The van der Waals surface area contributed by atoms with E-state index in [1.807, 2.05) is 47.9 Å². The summed E-state index contributed by atoms with van der Waals surface area (Å²) in [6, 6.07) is 16.2. The van der Waals surface area contributed by atoms with E-state index in [4.69, 9.17) is 0 Å². The molecule has 33 heavy (non-hydrogen) atoms. The van der Waals surface area contributed by atoms with Crippen molar-refractivity contribution in [2.24, 2.45) is 0 Å². The van der Waals surface area contributed by atoms with E-state index in [1.54, 1.807) is 31.5 Å². The van der Waals surface area contributed by atoms with E-state index in [0.29, 0.717) is 22.2 Å². The molecule has 0 atom stereocenters. The molecule has 1 amide bonds. The van der Waals surface area contributed by atoms with E-state index in [2.05, 4.69) is 20.5 Å². The molecule has 0 radical (unpaired) electrons. The molecule has 0 aliphatic carbocycles. The summed E-state index contributed by atoms with van der Waals surface area (Å²) < 4.78 is 1.91. The first kappa shape index (κ1) is 22.2. The van der Waals surface area contributed by atoms with Crippen LogP contribution < -0.4 is 5.32 Å². The first-order valence-corrected chi connectivity index (χ1v) is 11.0. The zero-order valence-corrected chi connectivity index (χ0v) is 18.7. The van der Waals surface area contributed by atoms with Gasteiger partial charge in [-0.3, -0.25) is 24.5 Å². The summed E-state index contributed by atoms with van der Waals surface area (Å²) in [5, 5.41) is 23.1. The van der Waals surface area contributed by atoms with Crippen LogP contribution in [0.4, 0.5) is 11.4 Å². The van der Waals surface area contributed by atoms with Gasteiger partial charge >= 0.3 is 0 Å². The smallest absolute Gasteiger partial charge is 0.274 e. The van der Waals surface area contributed by atoms with Gasteiger partial charge in [0.1, 0.15) is 0 Å². The van der Waals surface area contributed by atoms with Crippen LogP contribution in [0.3, 0.4) is 0 Å². The maximum Gasteiger partial charge on any atom is 0.274 e. The van der Waals surface area contributed by atoms with Crippen molar-refractivity contribution in [2.75, 3.05) is 11.1 Å². The summed E-state index contributed by atoms with van der Waals surface area (Å²) in [5.74, 6) is 0.375. The summed E-state index contributed by atoms with van der Waals surface area (Å²) in [7, 11) is 0. The minimum Gasteiger partial charge on any atom is -0.325 e. The zero-order chi connectivity index (χ0) is 23.4. The molecule has 0 saturated heterocycles. The Hall–Kier alpha value is -4.05. The molecule has 4 aromatic rings. The Morgan fingerprint density at radius 1 is 1.09 bits per heavy atom. The molecule has 0 spiro atoms. The number of para-hydroxylation sites is 1. The number of pyridine rings is 1. The van der Waals surface area contributed by atoms with Gasteiger partial charge in [0.05, 0.1) is 27.6 Å². The SMILES string of the molecule is Cc1ccccc1-n1c(SCC(=O)Nc2cccc([N+](=O)[O-])c2C)nnc1-c1cccnc1. The van der Waals surface area contributed by atoms with Gasteiger partial charge < -0.3 is 5.32 Å². The van der Waals surface area contributed by atoms with Gasteiger partial charge in [-0.15, -0.1) is 10.2 Å². The van der Waals surface area contributed by atoms with E-state index in [9.17, 15) is 14.9 Å². The normalized spacial score (nSPS) is 10.7. The standard InChI is InChI=1S/C23H20N6O3S/c1-15-7-3-4-10-19(15)28-22(17-8-6-12-24-13-17)26-27-23(28)33-14-21(30)25-18-9-5-11-20(16(18)2)29(31)32/h3-13H,14H2,1-2H3,(H,25,30). The second kappa shape index (κ2) is 9.61. The number of amides is 1. The number of aromatic nitrogens is 4. The van der Waals surface area contributed by atoms with E-state index >= 15 is 0 Å². The van der Waals surface area contributed by atoms with Crippen LogP contribution in [0.5, 0.6) is 0 Å². The molecule has 0 aliphatic rings. The Labute approximate surface area is 194 Å². The molecule has 1 N–H and O–H groups in total. The number of aryl methyl sites for hydroxylation is 1. The monoisotopic (exact) mass is 460 g/mol. The Balaban J connectivity index is 1.60. The fourth-order valence-electron chi connectivity index (χ4n) is 3.35. The third-order valence-corrected chi connectivity index (χ3v) is 5.95. The van der Waals surface area contributed by atoms with Crippen molar-refractivity contribution < 1.29 is 9.72 Å². The van der Waals surface area contributed by atoms with Crippen molar-refractivity contribution in [1.29, 1.82) is 0 Å². The Kier molecular flexibility index (Phi) is 6.45. The minimum absolute atomic E-state index is 0.0409. The number of nitro benzene ring substituents is 1. The van der Waals surface area contributed by atoms with Gasteiger partial charge in [0, 0.05) is 24.0 Å². The fraction of sp³-hybridized carbons (Fsp3) is 0.130. The van der Waals surface area contributed by atoms with Gasteiger partial charge in [0.15, 0.2) is 11.0 Å². The average molecular weight is 461 g/mol. The van der Waals surface area contributed by atoms with Gasteiger partial charge in [-0.1, -0.05) is 36.0 Å². The molecule has 10 heteroatoms. The highest BCUT2D eigenvalue weighted by Gasteiger charge is 2.19. The second-order valence-electron chi connectivity index (χ2n) is 7.21. The highest BCUT2D eigenvalue weighted by Crippen LogP contribution is 2.30. The number of nitrogens with one attached hydrogen (secondary N) is 1. The van der Waals surface area contributed by atoms with Crippen molar-refractivity contribution in [3.63, 3.8) is 0 Å². The van der Waals surface area contributed by atoms with Crippen molar-refractivity contribution >= 4 is 29.0 Å². The number of carbonyl (C=O) groups is 1. The molecule has 2 aromatic carbocycles. The van der Waals surface area contributed by atoms with Gasteiger partial charge in [-0.05, 0) is 43.7 Å². The molecule has 4 rings (SSSR count). The Morgan fingerprint density at radius 2 is 1.91 bits per heavy atom. The average Bonchev–Trinajstić information content (AvgIpc) is 3.23. The van der Waals surface area contributed by atoms with Gasteiger partial charge in [0.25, 0.3) is 5.69 Å². The molecule has 0 saturated carbocycles. The van der Waals surface area contributed by atoms with Crippen LogP contribution in [-0.2, 0) is 4.79 Å². The van der Waals surface area contributed by atoms with Crippen LogP contribution in [0.25, 0.3) is 17.1 Å². The van der Waals surface area contributed by atoms with E-state index in [1.165, 1.54) is 17.8 Å². The first-order chi connectivity index (χ1) is 16.0. The van der Waals surface area contributed by atoms with Crippen LogP contribution in [0.1, 0.15) is 11.1 Å². The summed E-state index contributed by atoms with van der Waals surface area (Å²) in [6.45, 7) is 3.60. The summed E-state index contributed by atoms with van der Waals surface area (Å²) >= 11 is 1.23. The summed E-state index contributed by atoms with van der Waals surface area (Å²) in [6.07, 6.45) is 3.40. The lowest BCUT2D eigenvalue weighted by atomic mass is 10.1. The van der Waals surface area contributed by atoms with Gasteiger partial charge in [0.2, 0.25) is 5.91 Å². The van der Waals surface area contributed by atoms with Crippen LogP contribution in [0.2, 0.25) is 0 Å². The maximum absolute atomic E-state index is 12.6. The van der Waals surface area contributed by atoms with E-state index in [0.717, 1.165) is 16.8 Å². The molecule has 9 nitrogen and oxygen atoms in total. The van der Waals surface area contributed by atoms with Crippen molar-refractivity contribution in [2.45, 2.75) is 19.0 Å². The predicted molar refractivity (Wildman–Crippen MR) is 127 cm³/mol.